The molecule has 0 radical (unpaired) electrons. The van der Waals surface area contributed by atoms with Crippen molar-refractivity contribution >= 4 is 11.9 Å². The lowest BCUT2D eigenvalue weighted by atomic mass is 9.98. The number of carbonyl (C=O) groups excluding carboxylic acids is 2. The van der Waals surface area contributed by atoms with Gasteiger partial charge in [-0.3, -0.25) is 9.59 Å². The van der Waals surface area contributed by atoms with Crippen molar-refractivity contribution in [1.82, 2.24) is 5.32 Å². The van der Waals surface area contributed by atoms with Crippen LogP contribution in [0.1, 0.15) is 49.3 Å². The van der Waals surface area contributed by atoms with Crippen LogP contribution in [0.4, 0.5) is 8.78 Å². The van der Waals surface area contributed by atoms with E-state index in [1.54, 1.807) is 12.1 Å². The highest BCUT2D eigenvalue weighted by molar-refractivity contribution is 5.81. The highest BCUT2D eigenvalue weighted by atomic mass is 19.3. The lowest BCUT2D eigenvalue weighted by Crippen LogP contribution is -2.33. The molecule has 2 aromatic rings. The largest absolute Gasteiger partial charge is 0.456 e. The number of alkyl halides is 2. The molecule has 30 heavy (non-hydrogen) atoms. The summed E-state index contributed by atoms with van der Waals surface area (Å²) in [5.74, 6) is -0.405. The fraction of sp³-hybridized carbons (Fsp3) is 0.391. The molecule has 1 saturated carbocycles. The van der Waals surface area contributed by atoms with Crippen molar-refractivity contribution in [3.63, 3.8) is 0 Å². The van der Waals surface area contributed by atoms with Crippen molar-refractivity contribution in [3.05, 3.63) is 65.7 Å². The average Bonchev–Trinajstić information content (AvgIpc) is 3.24. The molecule has 2 aromatic carbocycles. The zero-order chi connectivity index (χ0) is 21.3. The third-order valence-electron chi connectivity index (χ3n) is 5.17. The summed E-state index contributed by atoms with van der Waals surface area (Å²) in [4.78, 5) is 24.4. The predicted octanol–water partition coefficient (Wildman–Crippen LogP) is 4.62. The highest BCUT2D eigenvalue weighted by Gasteiger charge is 2.21. The van der Waals surface area contributed by atoms with Gasteiger partial charge in [0.05, 0.1) is 6.04 Å². The van der Waals surface area contributed by atoms with Crippen LogP contribution in [0.5, 0.6) is 5.75 Å². The summed E-state index contributed by atoms with van der Waals surface area (Å²) in [5.41, 5.74) is 1.50. The van der Waals surface area contributed by atoms with Crippen LogP contribution in [0.2, 0.25) is 0 Å². The van der Waals surface area contributed by atoms with E-state index >= 15 is 0 Å². The normalized spacial score (nSPS) is 15.0. The van der Waals surface area contributed by atoms with E-state index in [-0.39, 0.29) is 18.3 Å². The fourth-order valence-corrected chi connectivity index (χ4v) is 3.70. The molecule has 0 saturated heterocycles. The van der Waals surface area contributed by atoms with Crippen LogP contribution >= 0.6 is 0 Å². The van der Waals surface area contributed by atoms with E-state index in [9.17, 15) is 18.4 Å². The molecule has 0 heterocycles. The summed E-state index contributed by atoms with van der Waals surface area (Å²) in [7, 11) is 0. The van der Waals surface area contributed by atoms with Crippen LogP contribution in [-0.4, -0.2) is 25.1 Å². The Hall–Kier alpha value is -2.96. The summed E-state index contributed by atoms with van der Waals surface area (Å²) in [6.07, 6.45) is 4.68. The number of nitrogens with one attached hydrogen (secondary N) is 1. The first kappa shape index (κ1) is 21.7. The molecule has 0 aliphatic heterocycles. The van der Waals surface area contributed by atoms with E-state index in [0.29, 0.717) is 17.9 Å². The standard InChI is InChI=1S/C23H25F2NO4/c24-23(25)30-19-12-10-18(11-13-19)22(17-8-2-1-3-9-17)26-20(27)15-29-21(28)14-16-6-4-5-7-16/h1-3,8-13,16,22-23H,4-7,14-15H2,(H,26,27)/t22-/m1/s1. The van der Waals surface area contributed by atoms with E-state index in [1.807, 2.05) is 30.3 Å². The van der Waals surface area contributed by atoms with Crippen LogP contribution in [0, 0.1) is 5.92 Å². The quantitative estimate of drug-likeness (QED) is 0.605. The van der Waals surface area contributed by atoms with Crippen molar-refractivity contribution in [2.24, 2.45) is 5.92 Å². The van der Waals surface area contributed by atoms with Gasteiger partial charge in [0.15, 0.2) is 6.61 Å². The van der Waals surface area contributed by atoms with Crippen LogP contribution < -0.4 is 10.1 Å². The maximum Gasteiger partial charge on any atom is 0.387 e. The molecule has 160 valence electrons. The second-order valence-electron chi connectivity index (χ2n) is 7.37. The Morgan fingerprint density at radius 2 is 1.60 bits per heavy atom. The second-order valence-corrected chi connectivity index (χ2v) is 7.37. The minimum absolute atomic E-state index is 0.0349. The number of halogens is 2. The first-order valence-corrected chi connectivity index (χ1v) is 10.1. The fourth-order valence-electron chi connectivity index (χ4n) is 3.70. The Morgan fingerprint density at radius 1 is 0.967 bits per heavy atom. The van der Waals surface area contributed by atoms with Gasteiger partial charge in [-0.05, 0) is 42.0 Å². The Kier molecular flexibility index (Phi) is 7.76. The molecule has 0 bridgehead atoms. The van der Waals surface area contributed by atoms with Gasteiger partial charge in [0.2, 0.25) is 0 Å². The topological polar surface area (TPSA) is 64.6 Å². The molecule has 0 spiro atoms. The Balaban J connectivity index is 1.62. The molecule has 1 atom stereocenters. The first-order chi connectivity index (χ1) is 14.5. The van der Waals surface area contributed by atoms with Crippen molar-refractivity contribution in [2.45, 2.75) is 44.8 Å². The minimum atomic E-state index is -2.90. The Bertz CT molecular complexity index is 821. The van der Waals surface area contributed by atoms with E-state index in [0.717, 1.165) is 31.2 Å². The van der Waals surface area contributed by atoms with Gasteiger partial charge in [-0.1, -0.05) is 55.3 Å². The molecule has 7 heteroatoms. The van der Waals surface area contributed by atoms with Crippen LogP contribution in [0.3, 0.4) is 0 Å². The minimum Gasteiger partial charge on any atom is -0.456 e. The van der Waals surface area contributed by atoms with Gasteiger partial charge in [-0.2, -0.15) is 8.78 Å². The molecule has 1 aliphatic carbocycles. The number of esters is 1. The Labute approximate surface area is 174 Å². The van der Waals surface area contributed by atoms with Crippen LogP contribution in [-0.2, 0) is 14.3 Å². The van der Waals surface area contributed by atoms with E-state index < -0.39 is 18.6 Å². The molecule has 3 rings (SSSR count). The van der Waals surface area contributed by atoms with Gasteiger partial charge < -0.3 is 14.8 Å². The summed E-state index contributed by atoms with van der Waals surface area (Å²) in [6.45, 7) is -3.26. The first-order valence-electron chi connectivity index (χ1n) is 10.1. The zero-order valence-electron chi connectivity index (χ0n) is 16.6. The number of ether oxygens (including phenoxy) is 2. The molecule has 0 unspecified atom stereocenters. The molecular formula is C23H25F2NO4. The number of amides is 1. The van der Waals surface area contributed by atoms with Gasteiger partial charge >= 0.3 is 12.6 Å². The third-order valence-corrected chi connectivity index (χ3v) is 5.17. The van der Waals surface area contributed by atoms with E-state index in [2.05, 4.69) is 10.1 Å². The van der Waals surface area contributed by atoms with Crippen molar-refractivity contribution in [2.75, 3.05) is 6.61 Å². The number of hydrogen-bond acceptors (Lipinski definition) is 4. The van der Waals surface area contributed by atoms with E-state index in [4.69, 9.17) is 4.74 Å². The van der Waals surface area contributed by atoms with Gasteiger partial charge in [-0.25, -0.2) is 0 Å². The van der Waals surface area contributed by atoms with Gasteiger partial charge in [0, 0.05) is 6.42 Å². The monoisotopic (exact) mass is 417 g/mol. The van der Waals surface area contributed by atoms with Gasteiger partial charge in [0.1, 0.15) is 5.75 Å². The van der Waals surface area contributed by atoms with Crippen molar-refractivity contribution in [3.8, 4) is 5.75 Å². The third kappa shape index (κ3) is 6.54. The maximum atomic E-state index is 12.4. The van der Waals surface area contributed by atoms with Crippen LogP contribution in [0.25, 0.3) is 0 Å². The lowest BCUT2D eigenvalue weighted by Gasteiger charge is -2.20. The lowest BCUT2D eigenvalue weighted by molar-refractivity contribution is -0.149. The summed E-state index contributed by atoms with van der Waals surface area (Å²) >= 11 is 0. The van der Waals surface area contributed by atoms with E-state index in [1.165, 1.54) is 12.1 Å². The number of rotatable bonds is 9. The number of hydrogen-bond donors (Lipinski definition) is 1. The maximum absolute atomic E-state index is 12.4. The van der Waals surface area contributed by atoms with Crippen molar-refractivity contribution in [1.29, 1.82) is 0 Å². The van der Waals surface area contributed by atoms with Crippen molar-refractivity contribution < 1.29 is 27.8 Å². The molecular weight excluding hydrogens is 392 g/mol. The summed E-state index contributed by atoms with van der Waals surface area (Å²) < 4.78 is 34.3. The van der Waals surface area contributed by atoms with Gasteiger partial charge in [-0.15, -0.1) is 0 Å². The predicted molar refractivity (Wildman–Crippen MR) is 107 cm³/mol. The average molecular weight is 417 g/mol. The molecule has 1 aliphatic rings. The van der Waals surface area contributed by atoms with Crippen LogP contribution in [0.15, 0.2) is 54.6 Å². The molecule has 1 amide bonds. The zero-order valence-corrected chi connectivity index (χ0v) is 16.6. The smallest absolute Gasteiger partial charge is 0.387 e. The summed E-state index contributed by atoms with van der Waals surface area (Å²) in [5, 5.41) is 2.85. The number of carbonyl (C=O) groups is 2. The molecule has 1 N–H and O–H groups in total. The van der Waals surface area contributed by atoms with Gasteiger partial charge in [0.25, 0.3) is 5.91 Å². The highest BCUT2D eigenvalue weighted by Crippen LogP contribution is 2.28. The SMILES string of the molecule is O=C(COC(=O)CC1CCCC1)N[C@H](c1ccccc1)c1ccc(OC(F)F)cc1. The second kappa shape index (κ2) is 10.7. The molecule has 1 fully saturated rings. The number of benzene rings is 2. The Morgan fingerprint density at radius 3 is 2.23 bits per heavy atom. The summed E-state index contributed by atoms with van der Waals surface area (Å²) in [6, 6.07) is 14.8. The molecule has 0 aromatic heterocycles. The molecule has 5 nitrogen and oxygen atoms in total.